The van der Waals surface area contributed by atoms with Crippen molar-refractivity contribution >= 4 is 15.7 Å². The Kier molecular flexibility index (Phi) is 6.66. The van der Waals surface area contributed by atoms with Crippen molar-refractivity contribution in [3.8, 4) is 22.6 Å². The number of benzene rings is 3. The van der Waals surface area contributed by atoms with Crippen LogP contribution in [0.15, 0.2) is 65.6 Å². The third-order valence-electron chi connectivity index (χ3n) is 5.89. The van der Waals surface area contributed by atoms with Gasteiger partial charge in [0, 0.05) is 19.3 Å². The fourth-order valence-electron chi connectivity index (χ4n) is 4.27. The van der Waals surface area contributed by atoms with E-state index in [9.17, 15) is 13.2 Å². The van der Waals surface area contributed by atoms with Gasteiger partial charge in [0.15, 0.2) is 9.84 Å². The number of amides is 1. The predicted molar refractivity (Wildman–Crippen MR) is 132 cm³/mol. The number of carbonyl (C=O) groups excluding carboxylic acids is 1. The number of hydrogen-bond donors (Lipinski definition) is 0. The number of rotatable bonds is 6. The zero-order valence-corrected chi connectivity index (χ0v) is 20.7. The molecule has 0 radical (unpaired) electrons. The van der Waals surface area contributed by atoms with Crippen LogP contribution in [-0.2, 0) is 22.8 Å². The molecule has 0 saturated heterocycles. The Labute approximate surface area is 201 Å². The van der Waals surface area contributed by atoms with Crippen LogP contribution in [-0.4, -0.2) is 45.2 Å². The first kappa shape index (κ1) is 23.8. The van der Waals surface area contributed by atoms with Crippen LogP contribution in [0.2, 0.25) is 0 Å². The molecule has 0 N–H and O–H groups in total. The average molecular weight is 480 g/mol. The van der Waals surface area contributed by atoms with E-state index in [-0.39, 0.29) is 22.5 Å². The zero-order chi connectivity index (χ0) is 24.5. The lowest BCUT2D eigenvalue weighted by Gasteiger charge is -2.31. The maximum Gasteiger partial charge on any atom is 0.257 e. The van der Waals surface area contributed by atoms with E-state index in [1.165, 1.54) is 17.7 Å². The van der Waals surface area contributed by atoms with Gasteiger partial charge in [-0.05, 0) is 72.9 Å². The summed E-state index contributed by atoms with van der Waals surface area (Å²) < 4.78 is 35.7. The van der Waals surface area contributed by atoms with E-state index in [1.54, 1.807) is 18.1 Å². The first-order chi connectivity index (χ1) is 16.2. The Morgan fingerprint density at radius 1 is 1.03 bits per heavy atom. The molecular weight excluding hydrogens is 450 g/mol. The smallest absolute Gasteiger partial charge is 0.257 e. The summed E-state index contributed by atoms with van der Waals surface area (Å²) in [6.45, 7) is 4.65. The molecule has 0 aromatic heterocycles. The summed E-state index contributed by atoms with van der Waals surface area (Å²) in [4.78, 5) is 15.5. The van der Waals surface area contributed by atoms with E-state index in [4.69, 9.17) is 9.47 Å². The third-order valence-corrected chi connectivity index (χ3v) is 7.00. The summed E-state index contributed by atoms with van der Waals surface area (Å²) in [7, 11) is -1.84. The van der Waals surface area contributed by atoms with E-state index in [1.807, 2.05) is 44.2 Å². The maximum absolute atomic E-state index is 13.6. The van der Waals surface area contributed by atoms with Crippen LogP contribution in [0, 0.1) is 0 Å². The molecule has 0 saturated carbocycles. The van der Waals surface area contributed by atoms with Crippen molar-refractivity contribution in [2.75, 3.05) is 19.9 Å². The van der Waals surface area contributed by atoms with Crippen molar-refractivity contribution in [3.05, 3.63) is 77.4 Å². The summed E-state index contributed by atoms with van der Waals surface area (Å²) >= 11 is 0. The van der Waals surface area contributed by atoms with Crippen molar-refractivity contribution < 1.29 is 22.7 Å². The molecule has 3 aromatic carbocycles. The van der Waals surface area contributed by atoms with Crippen molar-refractivity contribution in [1.82, 2.24) is 4.90 Å². The van der Waals surface area contributed by atoms with Crippen molar-refractivity contribution in [1.29, 1.82) is 0 Å². The molecule has 1 amide bonds. The summed E-state index contributed by atoms with van der Waals surface area (Å²) in [5.41, 5.74) is 4.67. The Bertz CT molecular complexity index is 1320. The topological polar surface area (TPSA) is 72.9 Å². The highest BCUT2D eigenvalue weighted by Gasteiger charge is 2.28. The molecule has 1 heterocycles. The molecule has 0 aliphatic carbocycles. The second-order valence-electron chi connectivity index (χ2n) is 8.75. The molecule has 0 atom stereocenters. The van der Waals surface area contributed by atoms with E-state index in [0.717, 1.165) is 28.7 Å². The fraction of sp³-hybridized carbons (Fsp3) is 0.296. The maximum atomic E-state index is 13.6. The van der Waals surface area contributed by atoms with Gasteiger partial charge in [0.25, 0.3) is 5.91 Å². The lowest BCUT2D eigenvalue weighted by Crippen LogP contribution is -2.36. The second-order valence-corrected chi connectivity index (χ2v) is 10.8. The van der Waals surface area contributed by atoms with Gasteiger partial charge in [-0.25, -0.2) is 8.42 Å². The van der Waals surface area contributed by atoms with E-state index < -0.39 is 9.84 Å². The zero-order valence-electron chi connectivity index (χ0n) is 19.9. The highest BCUT2D eigenvalue weighted by atomic mass is 32.2. The normalized spacial score (nSPS) is 13.5. The average Bonchev–Trinajstić information content (AvgIpc) is 2.82. The van der Waals surface area contributed by atoms with E-state index >= 15 is 0 Å². The van der Waals surface area contributed by atoms with E-state index in [0.29, 0.717) is 25.3 Å². The second kappa shape index (κ2) is 9.50. The number of fused-ring (bicyclic) bond motifs is 1. The van der Waals surface area contributed by atoms with Gasteiger partial charge < -0.3 is 14.4 Å². The minimum atomic E-state index is -3.47. The number of carbonyl (C=O) groups is 1. The van der Waals surface area contributed by atoms with Crippen LogP contribution in [0.3, 0.4) is 0 Å². The molecule has 7 heteroatoms. The molecule has 0 bridgehead atoms. The number of sulfone groups is 1. The van der Waals surface area contributed by atoms with Crippen LogP contribution in [0.5, 0.6) is 11.5 Å². The summed E-state index contributed by atoms with van der Waals surface area (Å²) in [5.74, 6) is 0.861. The van der Waals surface area contributed by atoms with Crippen LogP contribution in [0.4, 0.5) is 0 Å². The predicted octanol–water partition coefficient (Wildman–Crippen LogP) is 4.75. The fourth-order valence-corrected chi connectivity index (χ4v) is 4.92. The molecule has 0 unspecified atom stereocenters. The van der Waals surface area contributed by atoms with Crippen molar-refractivity contribution in [2.24, 2.45) is 0 Å². The monoisotopic (exact) mass is 479 g/mol. The first-order valence-corrected chi connectivity index (χ1v) is 13.1. The Hall–Kier alpha value is -3.32. The minimum absolute atomic E-state index is 0.0948. The summed E-state index contributed by atoms with van der Waals surface area (Å²) in [6, 6.07) is 18.6. The van der Waals surface area contributed by atoms with Gasteiger partial charge in [-0.15, -0.1) is 0 Å². The Morgan fingerprint density at radius 2 is 1.76 bits per heavy atom. The summed E-state index contributed by atoms with van der Waals surface area (Å²) in [5, 5.41) is 0. The van der Waals surface area contributed by atoms with E-state index in [2.05, 4.69) is 12.1 Å². The molecule has 3 aromatic rings. The highest BCUT2D eigenvalue weighted by molar-refractivity contribution is 7.90. The van der Waals surface area contributed by atoms with Gasteiger partial charge in [0.1, 0.15) is 11.5 Å². The SMILES string of the molecule is COc1cc2c(c(-c3ccccc3)c1)CCN(C(=O)c1cc(S(C)(=O)=O)ccc1OC(C)C)C2. The van der Waals surface area contributed by atoms with Crippen LogP contribution in [0.1, 0.15) is 35.3 Å². The highest BCUT2D eigenvalue weighted by Crippen LogP contribution is 2.35. The molecule has 34 heavy (non-hydrogen) atoms. The first-order valence-electron chi connectivity index (χ1n) is 11.2. The van der Waals surface area contributed by atoms with Gasteiger partial charge in [0.2, 0.25) is 0 Å². The lowest BCUT2D eigenvalue weighted by molar-refractivity contribution is 0.0728. The number of hydrogen-bond acceptors (Lipinski definition) is 5. The lowest BCUT2D eigenvalue weighted by atomic mass is 9.90. The molecule has 4 rings (SSSR count). The van der Waals surface area contributed by atoms with Gasteiger partial charge in [-0.2, -0.15) is 0 Å². The number of nitrogens with zero attached hydrogens (tertiary/aromatic N) is 1. The molecule has 6 nitrogen and oxygen atoms in total. The number of ether oxygens (including phenoxy) is 2. The minimum Gasteiger partial charge on any atom is -0.497 e. The number of methoxy groups -OCH3 is 1. The molecule has 1 aliphatic rings. The molecular formula is C27H29NO5S. The van der Waals surface area contributed by atoms with Crippen molar-refractivity contribution in [3.63, 3.8) is 0 Å². The van der Waals surface area contributed by atoms with Gasteiger partial charge in [-0.1, -0.05) is 30.3 Å². The standard InChI is InChI=1S/C27H29NO5S/c1-18(2)33-26-11-10-22(34(4,30)31)16-25(26)27(29)28-13-12-23-20(17-28)14-21(32-3)15-24(23)19-8-6-5-7-9-19/h5-11,14-16,18H,12-13,17H2,1-4H3. The van der Waals surface area contributed by atoms with Crippen LogP contribution >= 0.6 is 0 Å². The van der Waals surface area contributed by atoms with Gasteiger partial charge in [0.05, 0.1) is 23.7 Å². The third kappa shape index (κ3) is 4.94. The molecule has 178 valence electrons. The Morgan fingerprint density at radius 3 is 2.41 bits per heavy atom. The molecule has 0 spiro atoms. The van der Waals surface area contributed by atoms with Crippen LogP contribution in [0.25, 0.3) is 11.1 Å². The quantitative estimate of drug-likeness (QED) is 0.510. The van der Waals surface area contributed by atoms with Crippen molar-refractivity contribution in [2.45, 2.75) is 37.8 Å². The Balaban J connectivity index is 1.72. The van der Waals surface area contributed by atoms with Gasteiger partial charge in [-0.3, -0.25) is 4.79 Å². The largest absolute Gasteiger partial charge is 0.497 e. The summed E-state index contributed by atoms with van der Waals surface area (Å²) in [6.07, 6.45) is 1.66. The molecule has 1 aliphatic heterocycles. The van der Waals surface area contributed by atoms with Gasteiger partial charge >= 0.3 is 0 Å². The molecule has 0 fully saturated rings. The van der Waals surface area contributed by atoms with Crippen LogP contribution < -0.4 is 9.47 Å².